The molecule has 0 spiro atoms. The van der Waals surface area contributed by atoms with Crippen molar-refractivity contribution in [2.24, 2.45) is 0 Å². The number of nitrogens with zero attached hydrogens (tertiary/aromatic N) is 2. The summed E-state index contributed by atoms with van der Waals surface area (Å²) in [4.78, 5) is 3.99. The van der Waals surface area contributed by atoms with E-state index in [-0.39, 0.29) is 6.04 Å². The lowest BCUT2D eigenvalue weighted by atomic mass is 10.1. The highest BCUT2D eigenvalue weighted by Gasteiger charge is 2.40. The molecule has 0 saturated carbocycles. The van der Waals surface area contributed by atoms with Crippen LogP contribution < -0.4 is 0 Å². The van der Waals surface area contributed by atoms with Crippen LogP contribution in [0.25, 0.3) is 0 Å². The summed E-state index contributed by atoms with van der Waals surface area (Å²) in [5.41, 5.74) is 0. The van der Waals surface area contributed by atoms with E-state index in [2.05, 4.69) is 4.90 Å². The maximum Gasteiger partial charge on any atom is 0.401 e. The zero-order valence-electron chi connectivity index (χ0n) is 9.63. The van der Waals surface area contributed by atoms with Crippen LogP contribution in [-0.2, 0) is 0 Å². The molecule has 2 fully saturated rings. The molecule has 0 amide bonds. The Balaban J connectivity index is 1.99. The van der Waals surface area contributed by atoms with Crippen LogP contribution in [0.3, 0.4) is 0 Å². The van der Waals surface area contributed by atoms with Crippen molar-refractivity contribution >= 4 is 0 Å². The SMILES string of the molecule is CCC1CN2CCCC2CN1CC(F)(F)F. The first-order valence-corrected chi connectivity index (χ1v) is 6.04. The summed E-state index contributed by atoms with van der Waals surface area (Å²) in [6.07, 6.45) is -1.06. The van der Waals surface area contributed by atoms with E-state index in [0.29, 0.717) is 12.6 Å². The van der Waals surface area contributed by atoms with Crippen molar-refractivity contribution in [3.8, 4) is 0 Å². The summed E-state index contributed by atoms with van der Waals surface area (Å²) in [5, 5.41) is 0. The van der Waals surface area contributed by atoms with Crippen LogP contribution in [0.4, 0.5) is 13.2 Å². The van der Waals surface area contributed by atoms with Gasteiger partial charge in [0, 0.05) is 25.2 Å². The van der Waals surface area contributed by atoms with E-state index in [0.717, 1.165) is 32.4 Å². The second-order valence-corrected chi connectivity index (χ2v) is 4.90. The van der Waals surface area contributed by atoms with Crippen molar-refractivity contribution in [2.75, 3.05) is 26.2 Å². The second-order valence-electron chi connectivity index (χ2n) is 4.90. The van der Waals surface area contributed by atoms with E-state index in [1.807, 2.05) is 6.92 Å². The highest BCUT2D eigenvalue weighted by Crippen LogP contribution is 2.28. The first kappa shape index (κ1) is 12.2. The average molecular weight is 236 g/mol. The summed E-state index contributed by atoms with van der Waals surface area (Å²) in [6.45, 7) is 3.72. The summed E-state index contributed by atoms with van der Waals surface area (Å²) < 4.78 is 37.3. The van der Waals surface area contributed by atoms with Gasteiger partial charge in [0.1, 0.15) is 0 Å². The molecule has 5 heteroatoms. The monoisotopic (exact) mass is 236 g/mol. The molecule has 16 heavy (non-hydrogen) atoms. The molecule has 0 N–H and O–H groups in total. The minimum atomic E-state index is -4.06. The van der Waals surface area contributed by atoms with Gasteiger partial charge >= 0.3 is 6.18 Å². The van der Waals surface area contributed by atoms with Gasteiger partial charge in [-0.15, -0.1) is 0 Å². The van der Waals surface area contributed by atoms with Crippen LogP contribution in [-0.4, -0.2) is 54.2 Å². The molecule has 2 saturated heterocycles. The van der Waals surface area contributed by atoms with Crippen molar-refractivity contribution in [1.29, 1.82) is 0 Å². The van der Waals surface area contributed by atoms with E-state index in [1.54, 1.807) is 4.90 Å². The van der Waals surface area contributed by atoms with Crippen molar-refractivity contribution in [2.45, 2.75) is 44.4 Å². The molecule has 2 aliphatic heterocycles. The molecule has 94 valence electrons. The minimum Gasteiger partial charge on any atom is -0.298 e. The zero-order chi connectivity index (χ0) is 11.8. The molecule has 2 aliphatic rings. The quantitative estimate of drug-likeness (QED) is 0.724. The zero-order valence-corrected chi connectivity index (χ0v) is 9.63. The Bertz CT molecular complexity index is 242. The fourth-order valence-corrected chi connectivity index (χ4v) is 2.96. The molecule has 2 unspecified atom stereocenters. The molecule has 2 nitrogen and oxygen atoms in total. The highest BCUT2D eigenvalue weighted by atomic mass is 19.4. The van der Waals surface area contributed by atoms with Crippen LogP contribution in [0.1, 0.15) is 26.2 Å². The molecule has 2 heterocycles. The van der Waals surface area contributed by atoms with E-state index < -0.39 is 12.7 Å². The Morgan fingerprint density at radius 1 is 1.25 bits per heavy atom. The maximum absolute atomic E-state index is 12.4. The van der Waals surface area contributed by atoms with E-state index >= 15 is 0 Å². The van der Waals surface area contributed by atoms with Crippen LogP contribution in [0.5, 0.6) is 0 Å². The third-order valence-corrected chi connectivity index (χ3v) is 3.76. The molecule has 0 aromatic carbocycles. The highest BCUT2D eigenvalue weighted by molar-refractivity contribution is 4.92. The minimum absolute atomic E-state index is 0.0796. The normalized spacial score (nSPS) is 33.0. The summed E-state index contributed by atoms with van der Waals surface area (Å²) >= 11 is 0. The standard InChI is InChI=1S/C11H19F3N2/c1-2-9-6-15-5-3-4-10(15)7-16(9)8-11(12,13)14/h9-10H,2-8H2,1H3. The van der Waals surface area contributed by atoms with Crippen molar-refractivity contribution in [3.63, 3.8) is 0 Å². The van der Waals surface area contributed by atoms with Gasteiger partial charge in [-0.3, -0.25) is 9.80 Å². The van der Waals surface area contributed by atoms with Gasteiger partial charge in [0.15, 0.2) is 0 Å². The fraction of sp³-hybridized carbons (Fsp3) is 1.00. The van der Waals surface area contributed by atoms with Gasteiger partial charge in [0.25, 0.3) is 0 Å². The van der Waals surface area contributed by atoms with Gasteiger partial charge in [0.2, 0.25) is 0 Å². The van der Waals surface area contributed by atoms with Crippen LogP contribution >= 0.6 is 0 Å². The maximum atomic E-state index is 12.4. The number of piperazine rings is 1. The Kier molecular flexibility index (Phi) is 3.45. The second kappa shape index (κ2) is 4.53. The summed E-state index contributed by atoms with van der Waals surface area (Å²) in [7, 11) is 0. The molecule has 0 aliphatic carbocycles. The topological polar surface area (TPSA) is 6.48 Å². The van der Waals surface area contributed by atoms with Crippen molar-refractivity contribution in [1.82, 2.24) is 9.80 Å². The smallest absolute Gasteiger partial charge is 0.298 e. The first-order chi connectivity index (χ1) is 7.49. The fourth-order valence-electron chi connectivity index (χ4n) is 2.96. The molecule has 0 radical (unpaired) electrons. The van der Waals surface area contributed by atoms with Crippen LogP contribution in [0.15, 0.2) is 0 Å². The largest absolute Gasteiger partial charge is 0.401 e. The van der Waals surface area contributed by atoms with Gasteiger partial charge < -0.3 is 0 Å². The lowest BCUT2D eigenvalue weighted by Gasteiger charge is -2.43. The first-order valence-electron chi connectivity index (χ1n) is 6.04. The molecule has 0 aromatic rings. The lowest BCUT2D eigenvalue weighted by Crippen LogP contribution is -2.57. The Morgan fingerprint density at radius 2 is 2.00 bits per heavy atom. The number of alkyl halides is 3. The molecular weight excluding hydrogens is 217 g/mol. The predicted octanol–water partition coefficient (Wildman–Crippen LogP) is 2.11. The van der Waals surface area contributed by atoms with Crippen LogP contribution in [0, 0.1) is 0 Å². The van der Waals surface area contributed by atoms with Crippen molar-refractivity contribution in [3.05, 3.63) is 0 Å². The number of hydrogen-bond donors (Lipinski definition) is 0. The van der Waals surface area contributed by atoms with Gasteiger partial charge in [-0.2, -0.15) is 13.2 Å². The van der Waals surface area contributed by atoms with Crippen molar-refractivity contribution < 1.29 is 13.2 Å². The number of fused-ring (bicyclic) bond motifs is 1. The Hall–Kier alpha value is -0.290. The van der Waals surface area contributed by atoms with Gasteiger partial charge in [0.05, 0.1) is 6.54 Å². The number of rotatable bonds is 2. The van der Waals surface area contributed by atoms with Crippen LogP contribution in [0.2, 0.25) is 0 Å². The average Bonchev–Trinajstić information content (AvgIpc) is 2.60. The van der Waals surface area contributed by atoms with Gasteiger partial charge in [-0.1, -0.05) is 6.92 Å². The third-order valence-electron chi connectivity index (χ3n) is 3.76. The Morgan fingerprint density at radius 3 is 2.62 bits per heavy atom. The number of hydrogen-bond acceptors (Lipinski definition) is 2. The Labute approximate surface area is 94.4 Å². The lowest BCUT2D eigenvalue weighted by molar-refractivity contribution is -0.158. The molecular formula is C11H19F3N2. The molecule has 0 aromatic heterocycles. The molecule has 2 atom stereocenters. The summed E-state index contributed by atoms with van der Waals surface area (Å²) in [6, 6.07) is 0.445. The third kappa shape index (κ3) is 2.69. The van der Waals surface area contributed by atoms with Gasteiger partial charge in [-0.25, -0.2) is 0 Å². The number of halogens is 3. The van der Waals surface area contributed by atoms with E-state index in [4.69, 9.17) is 0 Å². The van der Waals surface area contributed by atoms with Gasteiger partial charge in [-0.05, 0) is 25.8 Å². The molecule has 0 bridgehead atoms. The summed E-state index contributed by atoms with van der Waals surface area (Å²) in [5.74, 6) is 0. The van der Waals surface area contributed by atoms with E-state index in [1.165, 1.54) is 0 Å². The van der Waals surface area contributed by atoms with E-state index in [9.17, 15) is 13.2 Å². The predicted molar refractivity (Wildman–Crippen MR) is 56.3 cm³/mol. The molecule has 2 rings (SSSR count).